The van der Waals surface area contributed by atoms with Crippen molar-refractivity contribution in [1.29, 1.82) is 0 Å². The second-order valence-corrected chi connectivity index (χ2v) is 2.98. The molecule has 0 aliphatic carbocycles. The Hall–Kier alpha value is -0.830. The summed E-state index contributed by atoms with van der Waals surface area (Å²) >= 11 is 0. The van der Waals surface area contributed by atoms with Crippen molar-refractivity contribution in [2.45, 2.75) is 32.6 Å². The fourth-order valence-electron chi connectivity index (χ4n) is 0.987. The highest BCUT2D eigenvalue weighted by atomic mass is 16.1. The zero-order chi connectivity index (χ0) is 9.94. The molecule has 0 atom stereocenters. The molecule has 76 valence electrons. The number of rotatable bonds is 8. The van der Waals surface area contributed by atoms with E-state index in [0.717, 1.165) is 6.54 Å². The number of hydrogen-bond donors (Lipinski definition) is 2. The van der Waals surface area contributed by atoms with Crippen LogP contribution in [0.3, 0.4) is 0 Å². The largest absolute Gasteiger partial charge is 0.340 e. The maximum Gasteiger partial charge on any atom is 0.244 e. The van der Waals surface area contributed by atoms with E-state index in [-0.39, 0.29) is 5.91 Å². The third-order valence-electron chi connectivity index (χ3n) is 1.78. The Labute approximate surface area is 80.6 Å². The van der Waals surface area contributed by atoms with Crippen molar-refractivity contribution < 1.29 is 4.79 Å². The molecule has 0 spiro atoms. The molecule has 0 bridgehead atoms. The normalized spacial score (nSPS) is 9.62. The van der Waals surface area contributed by atoms with E-state index >= 15 is 0 Å². The van der Waals surface area contributed by atoms with Crippen LogP contribution in [0.25, 0.3) is 0 Å². The van der Waals surface area contributed by atoms with Crippen molar-refractivity contribution in [2.24, 2.45) is 0 Å². The summed E-state index contributed by atoms with van der Waals surface area (Å²) in [6.45, 7) is 7.06. The Morgan fingerprint density at radius 2 is 2.15 bits per heavy atom. The minimum absolute atomic E-state index is 0.124. The highest BCUT2D eigenvalue weighted by Crippen LogP contribution is 1.96. The number of carbonyl (C=O) groups excluding carboxylic acids is 1. The molecule has 1 amide bonds. The molecule has 0 saturated heterocycles. The molecule has 0 aromatic carbocycles. The summed E-state index contributed by atoms with van der Waals surface area (Å²) in [5, 5.41) is 5.78. The second-order valence-electron chi connectivity index (χ2n) is 2.98. The van der Waals surface area contributed by atoms with Gasteiger partial charge < -0.3 is 5.32 Å². The van der Waals surface area contributed by atoms with Gasteiger partial charge in [0.05, 0.1) is 6.67 Å². The second kappa shape index (κ2) is 9.26. The first-order valence-corrected chi connectivity index (χ1v) is 4.92. The molecule has 0 rings (SSSR count). The maximum absolute atomic E-state index is 10.7. The van der Waals surface area contributed by atoms with Crippen molar-refractivity contribution in [2.75, 3.05) is 13.2 Å². The van der Waals surface area contributed by atoms with Crippen LogP contribution in [0, 0.1) is 0 Å². The first-order chi connectivity index (χ1) is 6.31. The third kappa shape index (κ3) is 9.08. The molecule has 0 aromatic rings. The van der Waals surface area contributed by atoms with Gasteiger partial charge in [0, 0.05) is 0 Å². The zero-order valence-corrected chi connectivity index (χ0v) is 8.44. The van der Waals surface area contributed by atoms with Crippen LogP contribution in [0.2, 0.25) is 0 Å². The molecule has 2 N–H and O–H groups in total. The Bertz CT molecular complexity index is 146. The van der Waals surface area contributed by atoms with Crippen LogP contribution in [-0.2, 0) is 4.79 Å². The molecule has 0 aliphatic heterocycles. The smallest absolute Gasteiger partial charge is 0.244 e. The van der Waals surface area contributed by atoms with E-state index in [0.29, 0.717) is 6.67 Å². The van der Waals surface area contributed by atoms with Crippen LogP contribution in [0.4, 0.5) is 0 Å². The molecule has 0 unspecified atom stereocenters. The third-order valence-corrected chi connectivity index (χ3v) is 1.78. The van der Waals surface area contributed by atoms with E-state index < -0.39 is 0 Å². The summed E-state index contributed by atoms with van der Waals surface area (Å²) in [7, 11) is 0. The van der Waals surface area contributed by atoms with Gasteiger partial charge in [0.2, 0.25) is 5.91 Å². The Balaban J connectivity index is 2.99. The topological polar surface area (TPSA) is 41.1 Å². The number of hydrogen-bond acceptors (Lipinski definition) is 2. The zero-order valence-electron chi connectivity index (χ0n) is 8.44. The van der Waals surface area contributed by atoms with E-state index in [1.807, 2.05) is 0 Å². The molecular formula is C10H20N2O. The van der Waals surface area contributed by atoms with E-state index in [1.165, 1.54) is 31.8 Å². The van der Waals surface area contributed by atoms with Crippen LogP contribution in [0.5, 0.6) is 0 Å². The predicted molar refractivity (Wildman–Crippen MR) is 55.4 cm³/mol. The van der Waals surface area contributed by atoms with Crippen molar-refractivity contribution >= 4 is 5.91 Å². The van der Waals surface area contributed by atoms with Gasteiger partial charge in [0.15, 0.2) is 0 Å². The van der Waals surface area contributed by atoms with Crippen LogP contribution < -0.4 is 10.6 Å². The highest BCUT2D eigenvalue weighted by Gasteiger charge is 1.91. The Kier molecular flexibility index (Phi) is 8.67. The number of unbranched alkanes of at least 4 members (excludes halogenated alkanes) is 3. The van der Waals surface area contributed by atoms with Crippen molar-refractivity contribution in [1.82, 2.24) is 10.6 Å². The van der Waals surface area contributed by atoms with Gasteiger partial charge in [0.25, 0.3) is 0 Å². The molecule has 0 fully saturated rings. The summed E-state index contributed by atoms with van der Waals surface area (Å²) in [6.07, 6.45) is 6.27. The Morgan fingerprint density at radius 3 is 2.77 bits per heavy atom. The van der Waals surface area contributed by atoms with Crippen LogP contribution in [-0.4, -0.2) is 19.1 Å². The molecule has 0 aromatic heterocycles. The summed E-state index contributed by atoms with van der Waals surface area (Å²) in [4.78, 5) is 10.7. The maximum atomic E-state index is 10.7. The van der Waals surface area contributed by atoms with Gasteiger partial charge in [-0.3, -0.25) is 10.1 Å². The summed E-state index contributed by atoms with van der Waals surface area (Å²) < 4.78 is 0. The van der Waals surface area contributed by atoms with Gasteiger partial charge in [-0.05, 0) is 19.0 Å². The molecule has 0 radical (unpaired) electrons. The first kappa shape index (κ1) is 12.2. The molecular weight excluding hydrogens is 164 g/mol. The van der Waals surface area contributed by atoms with Gasteiger partial charge in [0.1, 0.15) is 0 Å². The summed E-state index contributed by atoms with van der Waals surface area (Å²) in [6, 6.07) is 0. The molecule has 0 aliphatic rings. The molecule has 3 nitrogen and oxygen atoms in total. The standard InChI is InChI=1S/C10H20N2O/c1-3-5-6-7-8-11-9-12-10(13)4-2/h4,11H,2-3,5-9H2,1H3,(H,12,13). The molecule has 13 heavy (non-hydrogen) atoms. The average molecular weight is 184 g/mol. The molecule has 0 saturated carbocycles. The van der Waals surface area contributed by atoms with Crippen LogP contribution >= 0.6 is 0 Å². The van der Waals surface area contributed by atoms with E-state index in [4.69, 9.17) is 0 Å². The quantitative estimate of drug-likeness (QED) is 0.340. The summed E-state index contributed by atoms with van der Waals surface area (Å²) in [5.74, 6) is -0.124. The van der Waals surface area contributed by atoms with E-state index in [9.17, 15) is 4.79 Å². The molecule has 0 heterocycles. The lowest BCUT2D eigenvalue weighted by molar-refractivity contribution is -0.116. The lowest BCUT2D eigenvalue weighted by atomic mass is 10.2. The van der Waals surface area contributed by atoms with Crippen molar-refractivity contribution in [3.63, 3.8) is 0 Å². The highest BCUT2D eigenvalue weighted by molar-refractivity contribution is 5.86. The first-order valence-electron chi connectivity index (χ1n) is 4.92. The van der Waals surface area contributed by atoms with E-state index in [1.54, 1.807) is 0 Å². The SMILES string of the molecule is C=CC(=O)NCNCCCCCC. The fraction of sp³-hybridized carbons (Fsp3) is 0.700. The molecule has 3 heteroatoms. The number of nitrogens with one attached hydrogen (secondary N) is 2. The summed E-state index contributed by atoms with van der Waals surface area (Å²) in [5.41, 5.74) is 0. The minimum Gasteiger partial charge on any atom is -0.340 e. The van der Waals surface area contributed by atoms with Gasteiger partial charge in [-0.2, -0.15) is 0 Å². The number of amides is 1. The van der Waals surface area contributed by atoms with Crippen molar-refractivity contribution in [3.8, 4) is 0 Å². The minimum atomic E-state index is -0.124. The monoisotopic (exact) mass is 184 g/mol. The van der Waals surface area contributed by atoms with Gasteiger partial charge in [-0.1, -0.05) is 32.8 Å². The number of carbonyl (C=O) groups is 1. The van der Waals surface area contributed by atoms with E-state index in [2.05, 4.69) is 24.1 Å². The predicted octanol–water partition coefficient (Wildman–Crippen LogP) is 1.42. The average Bonchev–Trinajstić information content (AvgIpc) is 2.16. The van der Waals surface area contributed by atoms with Gasteiger partial charge in [-0.15, -0.1) is 0 Å². The fourth-order valence-corrected chi connectivity index (χ4v) is 0.987. The van der Waals surface area contributed by atoms with Gasteiger partial charge in [-0.25, -0.2) is 0 Å². The van der Waals surface area contributed by atoms with Crippen LogP contribution in [0.15, 0.2) is 12.7 Å². The van der Waals surface area contributed by atoms with Gasteiger partial charge >= 0.3 is 0 Å². The Morgan fingerprint density at radius 1 is 1.38 bits per heavy atom. The lowest BCUT2D eigenvalue weighted by Crippen LogP contribution is -2.33. The van der Waals surface area contributed by atoms with Crippen molar-refractivity contribution in [3.05, 3.63) is 12.7 Å². The lowest BCUT2D eigenvalue weighted by Gasteiger charge is -2.04. The van der Waals surface area contributed by atoms with Crippen LogP contribution in [0.1, 0.15) is 32.6 Å².